The molecular formula is C24H20ClN3O4. The van der Waals surface area contributed by atoms with Crippen LogP contribution in [-0.2, 0) is 13.2 Å². The van der Waals surface area contributed by atoms with Crippen molar-refractivity contribution in [2.24, 2.45) is 0 Å². The lowest BCUT2D eigenvalue weighted by molar-refractivity contribution is 0.0696. The third kappa shape index (κ3) is 5.07. The SMILES string of the molecule is Cc1ccc(COc2cc(COc3ccnn3-c3cc(C(=O)O)ccn3)ccc2Cl)cc1. The predicted molar refractivity (Wildman–Crippen MR) is 120 cm³/mol. The Morgan fingerprint density at radius 1 is 0.969 bits per heavy atom. The van der Waals surface area contributed by atoms with Gasteiger partial charge in [0.1, 0.15) is 19.0 Å². The van der Waals surface area contributed by atoms with Crippen LogP contribution in [0.25, 0.3) is 5.82 Å². The van der Waals surface area contributed by atoms with Crippen LogP contribution in [0.2, 0.25) is 5.02 Å². The second-order valence-corrected chi connectivity index (χ2v) is 7.52. The summed E-state index contributed by atoms with van der Waals surface area (Å²) in [5.41, 5.74) is 3.21. The van der Waals surface area contributed by atoms with Crippen molar-refractivity contribution in [1.29, 1.82) is 0 Å². The number of carboxylic acids is 1. The van der Waals surface area contributed by atoms with Crippen LogP contribution >= 0.6 is 11.6 Å². The van der Waals surface area contributed by atoms with Gasteiger partial charge < -0.3 is 14.6 Å². The van der Waals surface area contributed by atoms with Crippen LogP contribution in [0.5, 0.6) is 11.6 Å². The Labute approximate surface area is 189 Å². The monoisotopic (exact) mass is 449 g/mol. The number of carboxylic acid groups (broad SMARTS) is 1. The molecule has 0 saturated heterocycles. The van der Waals surface area contributed by atoms with E-state index in [0.29, 0.717) is 29.1 Å². The Balaban J connectivity index is 1.45. The van der Waals surface area contributed by atoms with E-state index in [4.69, 9.17) is 21.1 Å². The summed E-state index contributed by atoms with van der Waals surface area (Å²) in [6, 6.07) is 18.1. The van der Waals surface area contributed by atoms with E-state index in [1.54, 1.807) is 18.3 Å². The molecule has 2 aromatic carbocycles. The van der Waals surface area contributed by atoms with Crippen LogP contribution in [-0.4, -0.2) is 25.8 Å². The number of halogens is 1. The molecule has 0 aliphatic rings. The van der Waals surface area contributed by atoms with Crippen molar-refractivity contribution in [3.05, 3.63) is 100 Å². The number of ether oxygens (including phenoxy) is 2. The van der Waals surface area contributed by atoms with Gasteiger partial charge in [0.25, 0.3) is 0 Å². The molecule has 0 aliphatic heterocycles. The quantitative estimate of drug-likeness (QED) is 0.403. The molecular weight excluding hydrogens is 430 g/mol. The van der Waals surface area contributed by atoms with Gasteiger partial charge in [0, 0.05) is 12.3 Å². The number of rotatable bonds is 8. The van der Waals surface area contributed by atoms with Crippen LogP contribution in [0.1, 0.15) is 27.0 Å². The molecule has 0 atom stereocenters. The van der Waals surface area contributed by atoms with E-state index in [-0.39, 0.29) is 12.2 Å². The number of hydrogen-bond acceptors (Lipinski definition) is 5. The highest BCUT2D eigenvalue weighted by Crippen LogP contribution is 2.27. The Morgan fingerprint density at radius 3 is 2.50 bits per heavy atom. The molecule has 162 valence electrons. The third-order valence-electron chi connectivity index (χ3n) is 4.71. The molecule has 2 heterocycles. The van der Waals surface area contributed by atoms with Crippen molar-refractivity contribution in [2.75, 3.05) is 0 Å². The van der Waals surface area contributed by atoms with Gasteiger partial charge in [-0.2, -0.15) is 9.78 Å². The molecule has 4 aromatic rings. The number of pyridine rings is 1. The fourth-order valence-electron chi connectivity index (χ4n) is 2.99. The van der Waals surface area contributed by atoms with Crippen LogP contribution in [0, 0.1) is 6.92 Å². The lowest BCUT2D eigenvalue weighted by Gasteiger charge is -2.12. The Bertz CT molecular complexity index is 1240. The molecule has 1 N–H and O–H groups in total. The molecule has 0 unspecified atom stereocenters. The second kappa shape index (κ2) is 9.53. The minimum Gasteiger partial charge on any atom is -0.487 e. The lowest BCUT2D eigenvalue weighted by atomic mass is 10.2. The minimum atomic E-state index is -1.04. The minimum absolute atomic E-state index is 0.115. The van der Waals surface area contributed by atoms with E-state index in [1.807, 2.05) is 43.3 Å². The maximum atomic E-state index is 11.2. The third-order valence-corrected chi connectivity index (χ3v) is 5.03. The van der Waals surface area contributed by atoms with Gasteiger partial charge in [-0.1, -0.05) is 47.5 Å². The largest absolute Gasteiger partial charge is 0.487 e. The molecule has 0 fully saturated rings. The molecule has 32 heavy (non-hydrogen) atoms. The fraction of sp³-hybridized carbons (Fsp3) is 0.125. The highest BCUT2D eigenvalue weighted by molar-refractivity contribution is 6.32. The van der Waals surface area contributed by atoms with Crippen molar-refractivity contribution in [3.63, 3.8) is 0 Å². The molecule has 7 nitrogen and oxygen atoms in total. The fourth-order valence-corrected chi connectivity index (χ4v) is 3.16. The Kier molecular flexibility index (Phi) is 6.37. The van der Waals surface area contributed by atoms with Crippen LogP contribution < -0.4 is 9.47 Å². The predicted octanol–water partition coefficient (Wildman–Crippen LogP) is 5.09. The van der Waals surface area contributed by atoms with Gasteiger partial charge in [0.2, 0.25) is 5.88 Å². The average Bonchev–Trinajstić information content (AvgIpc) is 3.27. The summed E-state index contributed by atoms with van der Waals surface area (Å²) in [7, 11) is 0. The summed E-state index contributed by atoms with van der Waals surface area (Å²) in [5.74, 6) is 0.306. The zero-order valence-corrected chi connectivity index (χ0v) is 18.0. The van der Waals surface area contributed by atoms with Crippen LogP contribution in [0.15, 0.2) is 73.1 Å². The van der Waals surface area contributed by atoms with E-state index in [9.17, 15) is 9.90 Å². The van der Waals surface area contributed by atoms with E-state index < -0.39 is 5.97 Å². The molecule has 0 radical (unpaired) electrons. The van der Waals surface area contributed by atoms with E-state index in [1.165, 1.54) is 28.6 Å². The van der Waals surface area contributed by atoms with Gasteiger partial charge in [-0.15, -0.1) is 0 Å². The second-order valence-electron chi connectivity index (χ2n) is 7.12. The van der Waals surface area contributed by atoms with Gasteiger partial charge in [-0.05, 0) is 42.3 Å². The smallest absolute Gasteiger partial charge is 0.335 e. The molecule has 2 aromatic heterocycles. The first kappa shape index (κ1) is 21.4. The lowest BCUT2D eigenvalue weighted by Crippen LogP contribution is -2.07. The van der Waals surface area contributed by atoms with Gasteiger partial charge in [0.15, 0.2) is 5.82 Å². The number of nitrogens with zero attached hydrogens (tertiary/aromatic N) is 3. The molecule has 4 rings (SSSR count). The molecule has 8 heteroatoms. The Morgan fingerprint density at radius 2 is 1.72 bits per heavy atom. The van der Waals surface area contributed by atoms with E-state index in [2.05, 4.69) is 10.1 Å². The summed E-state index contributed by atoms with van der Waals surface area (Å²) in [5, 5.41) is 13.9. The number of carbonyl (C=O) groups is 1. The number of benzene rings is 2. The van der Waals surface area contributed by atoms with Crippen molar-refractivity contribution < 1.29 is 19.4 Å². The first-order chi connectivity index (χ1) is 15.5. The normalized spacial score (nSPS) is 10.7. The highest BCUT2D eigenvalue weighted by atomic mass is 35.5. The van der Waals surface area contributed by atoms with Gasteiger partial charge >= 0.3 is 5.97 Å². The van der Waals surface area contributed by atoms with Crippen molar-refractivity contribution in [2.45, 2.75) is 20.1 Å². The maximum absolute atomic E-state index is 11.2. The first-order valence-electron chi connectivity index (χ1n) is 9.83. The van der Waals surface area contributed by atoms with Crippen LogP contribution in [0.4, 0.5) is 0 Å². The molecule has 0 amide bonds. The summed E-state index contributed by atoms with van der Waals surface area (Å²) in [6.07, 6.45) is 2.98. The molecule has 0 bridgehead atoms. The van der Waals surface area contributed by atoms with Gasteiger partial charge in [0.05, 0.1) is 16.8 Å². The summed E-state index contributed by atoms with van der Waals surface area (Å²) in [4.78, 5) is 15.4. The summed E-state index contributed by atoms with van der Waals surface area (Å²) in [6.45, 7) is 2.68. The number of aromatic nitrogens is 3. The topological polar surface area (TPSA) is 86.5 Å². The summed E-state index contributed by atoms with van der Waals surface area (Å²) >= 11 is 6.30. The Hall–Kier alpha value is -3.84. The van der Waals surface area contributed by atoms with Crippen molar-refractivity contribution in [1.82, 2.24) is 14.8 Å². The van der Waals surface area contributed by atoms with Crippen molar-refractivity contribution in [3.8, 4) is 17.4 Å². The van der Waals surface area contributed by atoms with Crippen LogP contribution in [0.3, 0.4) is 0 Å². The standard InChI is InChI=1S/C24H20ClN3O4/c1-16-2-4-17(5-3-16)14-31-21-12-18(6-7-20(21)25)15-32-23-9-11-27-28(23)22-13-19(24(29)30)8-10-26-22/h2-13H,14-15H2,1H3,(H,29,30). The average molecular weight is 450 g/mol. The van der Waals surface area contributed by atoms with E-state index >= 15 is 0 Å². The summed E-state index contributed by atoms with van der Waals surface area (Å²) < 4.78 is 13.2. The van der Waals surface area contributed by atoms with Gasteiger partial charge in [-0.25, -0.2) is 9.78 Å². The first-order valence-corrected chi connectivity index (χ1v) is 10.2. The highest BCUT2D eigenvalue weighted by Gasteiger charge is 2.12. The van der Waals surface area contributed by atoms with Gasteiger partial charge in [-0.3, -0.25) is 0 Å². The molecule has 0 aliphatic carbocycles. The maximum Gasteiger partial charge on any atom is 0.335 e. The zero-order valence-electron chi connectivity index (χ0n) is 17.2. The number of hydrogen-bond donors (Lipinski definition) is 1. The van der Waals surface area contributed by atoms with E-state index in [0.717, 1.165) is 11.1 Å². The molecule has 0 saturated carbocycles. The van der Waals surface area contributed by atoms with Crippen molar-refractivity contribution >= 4 is 17.6 Å². The molecule has 0 spiro atoms. The number of aromatic carboxylic acids is 1. The number of aryl methyl sites for hydroxylation is 1. The zero-order chi connectivity index (χ0) is 22.5.